The summed E-state index contributed by atoms with van der Waals surface area (Å²) in [6, 6.07) is 17.7. The maximum Gasteiger partial charge on any atom is 0.138 e. The van der Waals surface area contributed by atoms with Crippen molar-refractivity contribution in [1.82, 2.24) is 0 Å². The molecule has 148 valence electrons. The molecule has 1 saturated carbocycles. The molecular weight excluding hydrogens is 359 g/mol. The van der Waals surface area contributed by atoms with Crippen LogP contribution in [0, 0.1) is 11.7 Å². The first-order valence-electron chi connectivity index (χ1n) is 10.4. The zero-order chi connectivity index (χ0) is 20.2. The van der Waals surface area contributed by atoms with Gasteiger partial charge in [0.25, 0.3) is 0 Å². The summed E-state index contributed by atoms with van der Waals surface area (Å²) in [5.41, 5.74) is 2.80. The third-order valence-electron chi connectivity index (χ3n) is 6.09. The van der Waals surface area contributed by atoms with Gasteiger partial charge < -0.3 is 4.74 Å². The lowest BCUT2D eigenvalue weighted by atomic mass is 9.78. The largest absolute Gasteiger partial charge is 0.490 e. The van der Waals surface area contributed by atoms with Crippen LogP contribution in [0.15, 0.2) is 79.9 Å². The summed E-state index contributed by atoms with van der Waals surface area (Å²) in [5.74, 6) is 1.82. The minimum atomic E-state index is -0.163. The van der Waals surface area contributed by atoms with Gasteiger partial charge in [-0.1, -0.05) is 61.2 Å². The van der Waals surface area contributed by atoms with Gasteiger partial charge in [0.1, 0.15) is 18.2 Å². The molecule has 1 nitrogen and oxygen atoms in total. The van der Waals surface area contributed by atoms with Crippen molar-refractivity contribution in [1.29, 1.82) is 0 Å². The molecule has 0 amide bonds. The van der Waals surface area contributed by atoms with Crippen molar-refractivity contribution in [3.8, 4) is 16.9 Å². The van der Waals surface area contributed by atoms with Crippen LogP contribution in [0.25, 0.3) is 21.9 Å². The van der Waals surface area contributed by atoms with E-state index < -0.39 is 0 Å². The number of allylic oxidation sites excluding steroid dienone is 1. The molecule has 3 aromatic carbocycles. The van der Waals surface area contributed by atoms with Gasteiger partial charge in [-0.3, -0.25) is 0 Å². The van der Waals surface area contributed by atoms with Gasteiger partial charge >= 0.3 is 0 Å². The third-order valence-corrected chi connectivity index (χ3v) is 6.09. The molecule has 0 heterocycles. The molecule has 29 heavy (non-hydrogen) atoms. The quantitative estimate of drug-likeness (QED) is 0.395. The highest BCUT2D eigenvalue weighted by atomic mass is 19.1. The number of hydrogen-bond donors (Lipinski definition) is 0. The van der Waals surface area contributed by atoms with Crippen molar-refractivity contribution in [3.05, 3.63) is 91.3 Å². The Morgan fingerprint density at radius 2 is 1.69 bits per heavy atom. The fourth-order valence-electron chi connectivity index (χ4n) is 4.36. The van der Waals surface area contributed by atoms with Crippen molar-refractivity contribution in [2.45, 2.75) is 31.6 Å². The van der Waals surface area contributed by atoms with Crippen LogP contribution in [0.2, 0.25) is 0 Å². The lowest BCUT2D eigenvalue weighted by molar-refractivity contribution is 0.363. The highest BCUT2D eigenvalue weighted by Gasteiger charge is 2.21. The van der Waals surface area contributed by atoms with Crippen molar-refractivity contribution >= 4 is 10.8 Å². The number of ether oxygens (including phenoxy) is 1. The van der Waals surface area contributed by atoms with Crippen molar-refractivity contribution < 1.29 is 9.13 Å². The summed E-state index contributed by atoms with van der Waals surface area (Å²) in [7, 11) is 0. The standard InChI is InChI=1S/C27H27FO/c1-3-17-29-24-13-9-21(10-14-24)25-16-12-23-18-22(11-15-26(23)27(25)28)20-7-5-19(4-2)6-8-20/h3-4,9-16,18-20H,1-2,5-8,17H2. The summed E-state index contributed by atoms with van der Waals surface area (Å²) >= 11 is 0. The second-order valence-electron chi connectivity index (χ2n) is 7.88. The highest BCUT2D eigenvalue weighted by Crippen LogP contribution is 2.38. The fourth-order valence-corrected chi connectivity index (χ4v) is 4.36. The van der Waals surface area contributed by atoms with Gasteiger partial charge in [0, 0.05) is 10.9 Å². The monoisotopic (exact) mass is 386 g/mol. The summed E-state index contributed by atoms with van der Waals surface area (Å²) in [4.78, 5) is 0. The van der Waals surface area contributed by atoms with Gasteiger partial charge in [-0.25, -0.2) is 4.39 Å². The highest BCUT2D eigenvalue weighted by molar-refractivity contribution is 5.89. The van der Waals surface area contributed by atoms with Crippen molar-refractivity contribution in [2.24, 2.45) is 5.92 Å². The second kappa shape index (κ2) is 8.65. The number of hydrogen-bond acceptors (Lipinski definition) is 1. The molecule has 0 spiro atoms. The van der Waals surface area contributed by atoms with Gasteiger partial charge in [-0.15, -0.1) is 6.58 Å². The Balaban J connectivity index is 1.59. The Hall–Kier alpha value is -2.87. The lowest BCUT2D eigenvalue weighted by Gasteiger charge is -2.27. The predicted molar refractivity (Wildman–Crippen MR) is 120 cm³/mol. The topological polar surface area (TPSA) is 9.23 Å². The summed E-state index contributed by atoms with van der Waals surface area (Å²) in [6.07, 6.45) is 8.56. The minimum absolute atomic E-state index is 0.163. The van der Waals surface area contributed by atoms with E-state index in [1.54, 1.807) is 6.08 Å². The van der Waals surface area contributed by atoms with Crippen LogP contribution in [0.5, 0.6) is 5.75 Å². The van der Waals surface area contributed by atoms with Crippen molar-refractivity contribution in [3.63, 3.8) is 0 Å². The number of benzene rings is 3. The molecule has 0 saturated heterocycles. The van der Waals surface area contributed by atoms with E-state index in [9.17, 15) is 0 Å². The number of rotatable bonds is 6. The predicted octanol–water partition coefficient (Wildman–Crippen LogP) is 7.67. The first-order chi connectivity index (χ1) is 14.2. The fraction of sp³-hybridized carbons (Fsp3) is 0.259. The zero-order valence-corrected chi connectivity index (χ0v) is 16.7. The molecule has 1 aliphatic rings. The van der Waals surface area contributed by atoms with E-state index in [0.717, 1.165) is 16.7 Å². The van der Waals surface area contributed by atoms with Crippen LogP contribution >= 0.6 is 0 Å². The molecule has 1 fully saturated rings. The molecule has 2 heteroatoms. The molecule has 0 N–H and O–H groups in total. The number of halogens is 1. The maximum absolute atomic E-state index is 15.3. The zero-order valence-electron chi connectivity index (χ0n) is 16.7. The van der Waals surface area contributed by atoms with Gasteiger partial charge in [-0.2, -0.15) is 0 Å². The summed E-state index contributed by atoms with van der Waals surface area (Å²) < 4.78 is 20.8. The van der Waals surface area contributed by atoms with Crippen LogP contribution in [0.4, 0.5) is 4.39 Å². The van der Waals surface area contributed by atoms with Crippen molar-refractivity contribution in [2.75, 3.05) is 6.61 Å². The van der Waals surface area contributed by atoms with E-state index >= 15 is 4.39 Å². The van der Waals surface area contributed by atoms with Gasteiger partial charge in [0.15, 0.2) is 0 Å². The van der Waals surface area contributed by atoms with E-state index in [1.165, 1.54) is 31.2 Å². The van der Waals surface area contributed by atoms with Crippen LogP contribution in [0.3, 0.4) is 0 Å². The van der Waals surface area contributed by atoms with E-state index in [-0.39, 0.29) is 5.82 Å². The van der Waals surface area contributed by atoms with Crippen LogP contribution in [0.1, 0.15) is 37.2 Å². The summed E-state index contributed by atoms with van der Waals surface area (Å²) in [5, 5.41) is 1.65. The minimum Gasteiger partial charge on any atom is -0.490 e. The number of fused-ring (bicyclic) bond motifs is 1. The average Bonchev–Trinajstić information content (AvgIpc) is 2.78. The third kappa shape index (κ3) is 4.12. The van der Waals surface area contributed by atoms with Gasteiger partial charge in [-0.05, 0) is 66.2 Å². The normalized spacial score (nSPS) is 19.1. The molecule has 0 bridgehead atoms. The first kappa shape index (κ1) is 19.4. The molecule has 1 aliphatic carbocycles. The molecular formula is C27H27FO. The average molecular weight is 387 g/mol. The maximum atomic E-state index is 15.3. The van der Waals surface area contributed by atoms with E-state index in [0.29, 0.717) is 29.4 Å². The Kier molecular flexibility index (Phi) is 5.80. The molecule has 0 atom stereocenters. The molecule has 0 radical (unpaired) electrons. The van der Waals surface area contributed by atoms with E-state index in [2.05, 4.69) is 31.4 Å². The van der Waals surface area contributed by atoms with Gasteiger partial charge in [0.2, 0.25) is 0 Å². The Morgan fingerprint density at radius 1 is 0.931 bits per heavy atom. The van der Waals surface area contributed by atoms with Gasteiger partial charge in [0.05, 0.1) is 0 Å². The smallest absolute Gasteiger partial charge is 0.138 e. The van der Waals surface area contributed by atoms with E-state index in [1.807, 2.05) is 42.5 Å². The van der Waals surface area contributed by atoms with Crippen LogP contribution in [-0.4, -0.2) is 6.61 Å². The molecule has 0 aromatic heterocycles. The molecule has 0 aliphatic heterocycles. The Morgan fingerprint density at radius 3 is 2.38 bits per heavy atom. The van der Waals surface area contributed by atoms with E-state index in [4.69, 9.17) is 4.74 Å². The SMILES string of the molecule is C=CCOc1ccc(-c2ccc3cc(C4CCC(C=C)CC4)ccc3c2F)cc1. The molecule has 3 aromatic rings. The lowest BCUT2D eigenvalue weighted by Crippen LogP contribution is -2.11. The molecule has 0 unspecified atom stereocenters. The van der Waals surface area contributed by atoms with Crippen LogP contribution in [-0.2, 0) is 0 Å². The summed E-state index contributed by atoms with van der Waals surface area (Å²) in [6.45, 7) is 8.04. The Labute approximate surface area is 172 Å². The Bertz CT molecular complexity index is 1010. The molecule has 4 rings (SSSR count). The van der Waals surface area contributed by atoms with Crippen LogP contribution < -0.4 is 4.74 Å². The first-order valence-corrected chi connectivity index (χ1v) is 10.4. The second-order valence-corrected chi connectivity index (χ2v) is 7.88.